The number of anilines is 1. The number of nitrogens with zero attached hydrogens (tertiary/aromatic N) is 4. The number of hydrogen-bond acceptors (Lipinski definition) is 6. The molecule has 1 aromatic carbocycles. The molecule has 0 radical (unpaired) electrons. The molecule has 0 unspecified atom stereocenters. The van der Waals surface area contributed by atoms with Crippen molar-refractivity contribution in [1.29, 1.82) is 0 Å². The highest BCUT2D eigenvalue weighted by atomic mass is 19.4. The molecule has 2 rings (SSSR count). The third-order valence-electron chi connectivity index (χ3n) is 4.60. The number of methoxy groups -OCH3 is 1. The molecule has 1 amide bonds. The van der Waals surface area contributed by atoms with Crippen LogP contribution in [0.5, 0.6) is 11.6 Å². The molecule has 1 N–H and O–H groups in total. The van der Waals surface area contributed by atoms with E-state index >= 15 is 4.39 Å². The maximum Gasteiger partial charge on any atom is 0.422 e. The van der Waals surface area contributed by atoms with E-state index in [-0.39, 0.29) is 23.7 Å². The first kappa shape index (κ1) is 27.5. The van der Waals surface area contributed by atoms with Crippen molar-refractivity contribution in [3.63, 3.8) is 0 Å². The monoisotopic (exact) mass is 502 g/mol. The fourth-order valence-corrected chi connectivity index (χ4v) is 2.75. The standard InChI is InChI=1S/C22H23F5N4O4/c1-4-30(2)20(11-32)29-31(13-33)18-10-19(35-12-22(25,26)27)15(9-17(18)24)16(23)8-14-6-5-7-28-21(14)34-3/h5-10,13,32H,4,11-12H2,1-3H3/b16-8-,29-20-. The second kappa shape index (κ2) is 12.1. The van der Waals surface area contributed by atoms with Gasteiger partial charge in [0.25, 0.3) is 0 Å². The number of likely N-dealkylation sites (N-methyl/N-ethyl adjacent to an activating group) is 1. The summed E-state index contributed by atoms with van der Waals surface area (Å²) in [5, 5.41) is 13.8. The Bertz CT molecular complexity index is 1090. The van der Waals surface area contributed by atoms with Crippen molar-refractivity contribution in [3.05, 3.63) is 47.4 Å². The summed E-state index contributed by atoms with van der Waals surface area (Å²) in [6.45, 7) is -0.321. The van der Waals surface area contributed by atoms with Gasteiger partial charge < -0.3 is 19.5 Å². The molecule has 0 bridgehead atoms. The van der Waals surface area contributed by atoms with E-state index in [1.807, 2.05) is 0 Å². The van der Waals surface area contributed by atoms with Crippen LogP contribution in [0.2, 0.25) is 0 Å². The Labute approximate surface area is 197 Å². The van der Waals surface area contributed by atoms with E-state index in [0.717, 1.165) is 6.08 Å². The molecule has 2 aromatic rings. The Hall–Kier alpha value is -3.74. The first-order valence-electron chi connectivity index (χ1n) is 10.1. The molecule has 0 saturated heterocycles. The largest absolute Gasteiger partial charge is 0.483 e. The van der Waals surface area contributed by atoms with Gasteiger partial charge in [-0.2, -0.15) is 18.2 Å². The molecule has 13 heteroatoms. The third-order valence-corrected chi connectivity index (χ3v) is 4.60. The minimum atomic E-state index is -4.78. The number of ether oxygens (including phenoxy) is 2. The summed E-state index contributed by atoms with van der Waals surface area (Å²) in [7, 11) is 2.83. The number of benzene rings is 1. The Morgan fingerprint density at radius 2 is 2.03 bits per heavy atom. The van der Waals surface area contributed by atoms with Gasteiger partial charge in [-0.1, -0.05) is 0 Å². The summed E-state index contributed by atoms with van der Waals surface area (Å²) in [5.74, 6) is -3.05. The highest BCUT2D eigenvalue weighted by molar-refractivity contribution is 5.88. The van der Waals surface area contributed by atoms with Crippen LogP contribution in [0.15, 0.2) is 35.6 Å². The smallest absolute Gasteiger partial charge is 0.422 e. The molecule has 0 fully saturated rings. The maximum absolute atomic E-state index is 15.1. The molecule has 190 valence electrons. The number of pyridine rings is 1. The minimum absolute atomic E-state index is 0.0237. The topological polar surface area (TPSA) is 87.5 Å². The zero-order valence-electron chi connectivity index (χ0n) is 19.0. The van der Waals surface area contributed by atoms with Gasteiger partial charge in [0.05, 0.1) is 12.7 Å². The summed E-state index contributed by atoms with van der Waals surface area (Å²) >= 11 is 0. The van der Waals surface area contributed by atoms with E-state index in [9.17, 15) is 27.5 Å². The number of rotatable bonds is 10. The van der Waals surface area contributed by atoms with Crippen molar-refractivity contribution in [2.24, 2.45) is 5.10 Å². The second-order valence-electron chi connectivity index (χ2n) is 6.94. The molecule has 35 heavy (non-hydrogen) atoms. The lowest BCUT2D eigenvalue weighted by Crippen LogP contribution is -2.32. The van der Waals surface area contributed by atoms with Crippen LogP contribution in [-0.4, -0.2) is 67.3 Å². The van der Waals surface area contributed by atoms with Crippen LogP contribution in [0, 0.1) is 5.82 Å². The predicted octanol–water partition coefficient (Wildman–Crippen LogP) is 3.86. The van der Waals surface area contributed by atoms with E-state index < -0.39 is 48.0 Å². The molecule has 0 saturated carbocycles. The number of carbonyl (C=O) groups is 1. The van der Waals surface area contributed by atoms with Crippen LogP contribution < -0.4 is 14.5 Å². The number of hydrogen-bond donors (Lipinski definition) is 1. The molecule has 1 aromatic heterocycles. The summed E-state index contributed by atoms with van der Waals surface area (Å²) in [5.41, 5.74) is -1.14. The Morgan fingerprint density at radius 3 is 2.60 bits per heavy atom. The van der Waals surface area contributed by atoms with E-state index in [2.05, 4.69) is 10.1 Å². The van der Waals surface area contributed by atoms with Crippen molar-refractivity contribution in [2.45, 2.75) is 13.1 Å². The summed E-state index contributed by atoms with van der Waals surface area (Å²) in [6.07, 6.45) is -2.44. The fraction of sp³-hybridized carbons (Fsp3) is 0.318. The van der Waals surface area contributed by atoms with Crippen molar-refractivity contribution in [1.82, 2.24) is 9.88 Å². The average Bonchev–Trinajstić information content (AvgIpc) is 2.83. The molecule has 1 heterocycles. The fourth-order valence-electron chi connectivity index (χ4n) is 2.75. The molecule has 0 spiro atoms. The molecular weight excluding hydrogens is 479 g/mol. The van der Waals surface area contributed by atoms with Crippen LogP contribution in [-0.2, 0) is 4.79 Å². The highest BCUT2D eigenvalue weighted by Gasteiger charge is 2.30. The third kappa shape index (κ3) is 7.37. The van der Waals surface area contributed by atoms with E-state index in [4.69, 9.17) is 9.47 Å². The van der Waals surface area contributed by atoms with Gasteiger partial charge in [0.1, 0.15) is 29.7 Å². The van der Waals surface area contributed by atoms with E-state index in [1.54, 1.807) is 14.0 Å². The maximum atomic E-state index is 15.1. The van der Waals surface area contributed by atoms with E-state index in [0.29, 0.717) is 23.7 Å². The van der Waals surface area contributed by atoms with Gasteiger partial charge in [0, 0.05) is 31.4 Å². The van der Waals surface area contributed by atoms with Gasteiger partial charge in [0.2, 0.25) is 12.3 Å². The number of amidine groups is 1. The van der Waals surface area contributed by atoms with E-state index in [1.165, 1.54) is 30.3 Å². The molecule has 0 aliphatic carbocycles. The predicted molar refractivity (Wildman–Crippen MR) is 119 cm³/mol. The van der Waals surface area contributed by atoms with Crippen LogP contribution in [0.4, 0.5) is 27.6 Å². The van der Waals surface area contributed by atoms with Crippen LogP contribution in [0.3, 0.4) is 0 Å². The second-order valence-corrected chi connectivity index (χ2v) is 6.94. The quantitative estimate of drug-likeness (QED) is 0.175. The summed E-state index contributed by atoms with van der Waals surface area (Å²) in [4.78, 5) is 16.9. The number of amides is 1. The number of hydrazone groups is 1. The van der Waals surface area contributed by atoms with Gasteiger partial charge in [-0.05, 0) is 31.2 Å². The van der Waals surface area contributed by atoms with Gasteiger partial charge >= 0.3 is 6.18 Å². The first-order valence-corrected chi connectivity index (χ1v) is 10.1. The van der Waals surface area contributed by atoms with Crippen molar-refractivity contribution in [3.8, 4) is 11.6 Å². The lowest BCUT2D eigenvalue weighted by atomic mass is 10.1. The normalized spacial score (nSPS) is 12.4. The minimum Gasteiger partial charge on any atom is -0.483 e. The highest BCUT2D eigenvalue weighted by Crippen LogP contribution is 2.36. The van der Waals surface area contributed by atoms with Crippen molar-refractivity contribution in [2.75, 3.05) is 38.9 Å². The molecule has 0 aliphatic heterocycles. The molecule has 8 nitrogen and oxygen atoms in total. The SMILES string of the molecule is CCN(C)/C(CO)=N\N(C=O)c1cc(OCC(F)(F)F)c(/C(F)=C/c2cccnc2OC)cc1F. The molecular formula is C22H23F5N4O4. The number of alkyl halides is 3. The first-order chi connectivity index (χ1) is 16.5. The Balaban J connectivity index is 2.63. The molecule has 0 atom stereocenters. The number of carbonyl (C=O) groups excluding carboxylic acids is 1. The van der Waals surface area contributed by atoms with Gasteiger partial charge in [-0.25, -0.2) is 13.8 Å². The number of aromatic nitrogens is 1. The number of aliphatic hydroxyl groups is 1. The van der Waals surface area contributed by atoms with Gasteiger partial charge in [0.15, 0.2) is 12.4 Å². The van der Waals surface area contributed by atoms with Crippen LogP contribution in [0.25, 0.3) is 11.9 Å². The summed E-state index contributed by atoms with van der Waals surface area (Å²) < 4.78 is 78.3. The van der Waals surface area contributed by atoms with Crippen LogP contribution >= 0.6 is 0 Å². The van der Waals surface area contributed by atoms with Crippen molar-refractivity contribution >= 4 is 29.8 Å². The Morgan fingerprint density at radius 1 is 1.31 bits per heavy atom. The lowest BCUT2D eigenvalue weighted by Gasteiger charge is -2.22. The zero-order valence-corrected chi connectivity index (χ0v) is 19.0. The zero-order chi connectivity index (χ0) is 26.2. The van der Waals surface area contributed by atoms with Gasteiger partial charge in [-0.3, -0.25) is 4.79 Å². The van der Waals surface area contributed by atoms with Gasteiger partial charge in [-0.15, -0.1) is 5.10 Å². The summed E-state index contributed by atoms with van der Waals surface area (Å²) in [6, 6.07) is 4.18. The lowest BCUT2D eigenvalue weighted by molar-refractivity contribution is -0.153. The number of halogens is 5. The Kier molecular flexibility index (Phi) is 9.51. The number of aliphatic hydroxyl groups excluding tert-OH is 1. The average molecular weight is 502 g/mol. The van der Waals surface area contributed by atoms with Crippen molar-refractivity contribution < 1.29 is 41.3 Å². The van der Waals surface area contributed by atoms with Crippen LogP contribution in [0.1, 0.15) is 18.1 Å². The molecule has 0 aliphatic rings.